The van der Waals surface area contributed by atoms with Gasteiger partial charge in [-0.1, -0.05) is 13.0 Å². The summed E-state index contributed by atoms with van der Waals surface area (Å²) >= 11 is 0. The van der Waals surface area contributed by atoms with E-state index in [-0.39, 0.29) is 5.92 Å². The molecule has 5 heteroatoms. The van der Waals surface area contributed by atoms with Crippen molar-refractivity contribution in [1.29, 1.82) is 0 Å². The lowest BCUT2D eigenvalue weighted by Gasteiger charge is -2.14. The summed E-state index contributed by atoms with van der Waals surface area (Å²) < 4.78 is 13.2. The predicted octanol–water partition coefficient (Wildman–Crippen LogP) is 2.29. The van der Waals surface area contributed by atoms with Crippen LogP contribution < -0.4 is 0 Å². The highest BCUT2D eigenvalue weighted by molar-refractivity contribution is 5.35. The summed E-state index contributed by atoms with van der Waals surface area (Å²) in [5.74, 6) is -0.846. The van der Waals surface area contributed by atoms with Gasteiger partial charge in [0.25, 0.3) is 0 Å². The van der Waals surface area contributed by atoms with E-state index in [0.717, 1.165) is 12.1 Å². The van der Waals surface area contributed by atoms with Gasteiger partial charge in [-0.2, -0.15) is 4.39 Å². The molecule has 1 aromatic carbocycles. The summed E-state index contributed by atoms with van der Waals surface area (Å²) in [5.41, 5.74) is 0.130. The first-order chi connectivity index (χ1) is 7.41. The van der Waals surface area contributed by atoms with Crippen molar-refractivity contribution < 1.29 is 14.4 Å². The maximum absolute atomic E-state index is 13.2. The minimum Gasteiger partial charge on any atom is -0.393 e. The van der Waals surface area contributed by atoms with Gasteiger partial charge >= 0.3 is 5.69 Å². The van der Waals surface area contributed by atoms with Crippen LogP contribution in [0.4, 0.5) is 10.1 Å². The van der Waals surface area contributed by atoms with E-state index in [1.807, 2.05) is 6.92 Å². The molecule has 2 atom stereocenters. The van der Waals surface area contributed by atoms with Crippen LogP contribution in [0.2, 0.25) is 0 Å². The molecule has 16 heavy (non-hydrogen) atoms. The molecule has 0 amide bonds. The highest BCUT2D eigenvalue weighted by Gasteiger charge is 2.16. The number of hydrogen-bond acceptors (Lipinski definition) is 3. The van der Waals surface area contributed by atoms with Crippen molar-refractivity contribution >= 4 is 5.69 Å². The zero-order valence-corrected chi connectivity index (χ0v) is 9.18. The maximum Gasteiger partial charge on any atom is 0.304 e. The lowest BCUT2D eigenvalue weighted by atomic mass is 9.96. The molecule has 0 heterocycles. The van der Waals surface area contributed by atoms with E-state index >= 15 is 0 Å². The van der Waals surface area contributed by atoms with Gasteiger partial charge in [-0.25, -0.2) is 0 Å². The van der Waals surface area contributed by atoms with Gasteiger partial charge in [0, 0.05) is 6.07 Å². The quantitative estimate of drug-likeness (QED) is 0.634. The second kappa shape index (κ2) is 5.03. The number of hydrogen-bond donors (Lipinski definition) is 1. The fourth-order valence-corrected chi connectivity index (χ4v) is 1.37. The normalized spacial score (nSPS) is 14.5. The molecule has 4 nitrogen and oxygen atoms in total. The number of nitrogens with zero attached hydrogens (tertiary/aromatic N) is 1. The number of nitro benzene ring substituents is 1. The Bertz CT molecular complexity index is 393. The fourth-order valence-electron chi connectivity index (χ4n) is 1.37. The average Bonchev–Trinajstić information content (AvgIpc) is 2.16. The van der Waals surface area contributed by atoms with E-state index in [1.165, 1.54) is 6.07 Å². The zero-order valence-electron chi connectivity index (χ0n) is 9.18. The van der Waals surface area contributed by atoms with Crippen molar-refractivity contribution in [3.05, 3.63) is 39.7 Å². The molecule has 0 bridgehead atoms. The van der Waals surface area contributed by atoms with Crippen molar-refractivity contribution in [3.8, 4) is 0 Å². The molecule has 0 aromatic heterocycles. The molecule has 0 saturated heterocycles. The van der Waals surface area contributed by atoms with Crippen molar-refractivity contribution in [2.24, 2.45) is 5.92 Å². The monoisotopic (exact) mass is 227 g/mol. The van der Waals surface area contributed by atoms with E-state index < -0.39 is 22.5 Å². The Hall–Kier alpha value is -1.49. The lowest BCUT2D eigenvalue weighted by molar-refractivity contribution is -0.387. The number of rotatable bonds is 4. The highest BCUT2D eigenvalue weighted by Crippen LogP contribution is 2.20. The Morgan fingerprint density at radius 2 is 2.12 bits per heavy atom. The topological polar surface area (TPSA) is 63.4 Å². The second-order valence-electron chi connectivity index (χ2n) is 3.96. The van der Waals surface area contributed by atoms with Crippen LogP contribution in [0.5, 0.6) is 0 Å². The molecular formula is C11H14FNO3. The van der Waals surface area contributed by atoms with Gasteiger partial charge < -0.3 is 5.11 Å². The SMILES string of the molecule is CC(O)C(C)Cc1ccc([N+](=O)[O-])c(F)c1. The predicted molar refractivity (Wildman–Crippen MR) is 57.6 cm³/mol. The van der Waals surface area contributed by atoms with Gasteiger partial charge in [0.15, 0.2) is 0 Å². The largest absolute Gasteiger partial charge is 0.393 e. The van der Waals surface area contributed by atoms with Crippen LogP contribution >= 0.6 is 0 Å². The van der Waals surface area contributed by atoms with Crippen LogP contribution in [-0.2, 0) is 6.42 Å². The first-order valence-corrected chi connectivity index (χ1v) is 5.02. The molecular weight excluding hydrogens is 213 g/mol. The first kappa shape index (κ1) is 12.6. The van der Waals surface area contributed by atoms with Crippen molar-refractivity contribution in [2.75, 3.05) is 0 Å². The standard InChI is InChI=1S/C11H14FNO3/c1-7(8(2)14)5-9-3-4-11(13(15)16)10(12)6-9/h3-4,6-8,14H,5H2,1-2H3. The Labute approximate surface area is 92.9 Å². The molecule has 2 unspecified atom stereocenters. The van der Waals surface area contributed by atoms with Crippen molar-refractivity contribution in [3.63, 3.8) is 0 Å². The fraction of sp³-hybridized carbons (Fsp3) is 0.455. The number of aliphatic hydroxyl groups is 1. The summed E-state index contributed by atoms with van der Waals surface area (Å²) in [6.07, 6.45) is 0.00491. The minimum absolute atomic E-state index is 0.0131. The van der Waals surface area contributed by atoms with Gasteiger partial charge in [-0.15, -0.1) is 0 Å². The summed E-state index contributed by atoms with van der Waals surface area (Å²) in [6.45, 7) is 3.50. The summed E-state index contributed by atoms with van der Waals surface area (Å²) in [7, 11) is 0. The highest BCUT2D eigenvalue weighted by atomic mass is 19.1. The number of halogens is 1. The molecule has 0 radical (unpaired) electrons. The van der Waals surface area contributed by atoms with Crippen LogP contribution in [-0.4, -0.2) is 16.1 Å². The van der Waals surface area contributed by atoms with E-state index in [9.17, 15) is 19.6 Å². The molecule has 0 aliphatic heterocycles. The van der Waals surface area contributed by atoms with Crippen LogP contribution in [0, 0.1) is 21.8 Å². The van der Waals surface area contributed by atoms with Gasteiger partial charge in [0.1, 0.15) is 0 Å². The second-order valence-corrected chi connectivity index (χ2v) is 3.96. The molecule has 0 saturated carbocycles. The molecule has 0 aliphatic carbocycles. The Balaban J connectivity index is 2.85. The smallest absolute Gasteiger partial charge is 0.304 e. The Kier molecular flexibility index (Phi) is 3.95. The molecule has 0 fully saturated rings. The number of aliphatic hydroxyl groups excluding tert-OH is 1. The lowest BCUT2D eigenvalue weighted by Crippen LogP contribution is -2.15. The van der Waals surface area contributed by atoms with Gasteiger partial charge in [0.2, 0.25) is 5.82 Å². The third-order valence-electron chi connectivity index (χ3n) is 2.59. The molecule has 0 aliphatic rings. The van der Waals surface area contributed by atoms with E-state index in [4.69, 9.17) is 0 Å². The third kappa shape index (κ3) is 3.00. The van der Waals surface area contributed by atoms with E-state index in [2.05, 4.69) is 0 Å². The summed E-state index contributed by atoms with van der Waals surface area (Å²) in [6, 6.07) is 3.82. The number of nitro groups is 1. The Morgan fingerprint density at radius 3 is 2.56 bits per heavy atom. The van der Waals surface area contributed by atoms with E-state index in [0.29, 0.717) is 12.0 Å². The number of benzene rings is 1. The first-order valence-electron chi connectivity index (χ1n) is 5.02. The maximum atomic E-state index is 13.2. The molecule has 1 N–H and O–H groups in total. The average molecular weight is 227 g/mol. The van der Waals surface area contributed by atoms with Gasteiger partial charge in [-0.05, 0) is 30.9 Å². The van der Waals surface area contributed by atoms with E-state index in [1.54, 1.807) is 6.92 Å². The van der Waals surface area contributed by atoms with Crippen LogP contribution in [0.25, 0.3) is 0 Å². The Morgan fingerprint density at radius 1 is 1.50 bits per heavy atom. The molecule has 1 rings (SSSR count). The molecule has 88 valence electrons. The van der Waals surface area contributed by atoms with Crippen LogP contribution in [0.1, 0.15) is 19.4 Å². The zero-order chi connectivity index (χ0) is 12.3. The van der Waals surface area contributed by atoms with Crippen LogP contribution in [0.3, 0.4) is 0 Å². The molecule has 0 spiro atoms. The molecule has 1 aromatic rings. The summed E-state index contributed by atoms with van der Waals surface area (Å²) in [5, 5.41) is 19.7. The van der Waals surface area contributed by atoms with Crippen molar-refractivity contribution in [2.45, 2.75) is 26.4 Å². The van der Waals surface area contributed by atoms with Crippen LogP contribution in [0.15, 0.2) is 18.2 Å². The summed E-state index contributed by atoms with van der Waals surface area (Å²) in [4.78, 5) is 9.64. The van der Waals surface area contributed by atoms with Gasteiger partial charge in [0.05, 0.1) is 11.0 Å². The van der Waals surface area contributed by atoms with Crippen molar-refractivity contribution in [1.82, 2.24) is 0 Å². The minimum atomic E-state index is -0.833. The van der Waals surface area contributed by atoms with Gasteiger partial charge in [-0.3, -0.25) is 10.1 Å². The third-order valence-corrected chi connectivity index (χ3v) is 2.59.